The molecular formula is C13H26ClN5. The molecule has 1 atom stereocenters. The van der Waals surface area contributed by atoms with Gasteiger partial charge in [-0.25, -0.2) is 0 Å². The molecule has 0 aliphatic heterocycles. The van der Waals surface area contributed by atoms with Crippen LogP contribution in [-0.4, -0.2) is 67.4 Å². The molecule has 110 valence electrons. The van der Waals surface area contributed by atoms with Crippen LogP contribution < -0.4 is 5.32 Å². The molecule has 1 aromatic heterocycles. The lowest BCUT2D eigenvalue weighted by Crippen LogP contribution is -2.33. The Hall–Kier alpha value is -0.620. The average molecular weight is 288 g/mol. The fourth-order valence-electron chi connectivity index (χ4n) is 2.05. The number of nitrogens with zero attached hydrogens (tertiary/aromatic N) is 4. The van der Waals surface area contributed by atoms with E-state index in [9.17, 15) is 0 Å². The average Bonchev–Trinajstić information content (AvgIpc) is 2.66. The SMILES string of the molecule is CCNC(CN(C)C)c1c(Cl)cnn1CCN(C)C. The molecule has 1 unspecified atom stereocenters. The molecule has 0 radical (unpaired) electrons. The highest BCUT2D eigenvalue weighted by Gasteiger charge is 2.20. The molecule has 1 aromatic rings. The van der Waals surface area contributed by atoms with Crippen LogP contribution in [0.5, 0.6) is 0 Å². The standard InChI is InChI=1S/C13H26ClN5/c1-6-15-12(10-18(4)5)13-11(14)9-16-19(13)8-7-17(2)3/h9,12,15H,6-8,10H2,1-5H3. The molecule has 0 bridgehead atoms. The van der Waals surface area contributed by atoms with Gasteiger partial charge in [0.05, 0.1) is 29.5 Å². The van der Waals surface area contributed by atoms with Crippen LogP contribution >= 0.6 is 11.6 Å². The van der Waals surface area contributed by atoms with E-state index in [1.807, 2.05) is 4.68 Å². The Kier molecular flexibility index (Phi) is 6.79. The third-order valence-electron chi connectivity index (χ3n) is 2.92. The van der Waals surface area contributed by atoms with Crippen molar-refractivity contribution < 1.29 is 0 Å². The first-order valence-electron chi connectivity index (χ1n) is 6.69. The van der Waals surface area contributed by atoms with Crippen LogP contribution in [0.1, 0.15) is 18.7 Å². The van der Waals surface area contributed by atoms with Gasteiger partial charge in [-0.05, 0) is 34.7 Å². The molecule has 0 saturated carbocycles. The Morgan fingerprint density at radius 2 is 2.00 bits per heavy atom. The normalized spacial score (nSPS) is 13.5. The second kappa shape index (κ2) is 7.85. The zero-order valence-corrected chi connectivity index (χ0v) is 13.4. The summed E-state index contributed by atoms with van der Waals surface area (Å²) in [5.74, 6) is 0. The van der Waals surface area contributed by atoms with Gasteiger partial charge in [-0.3, -0.25) is 4.68 Å². The fourth-order valence-corrected chi connectivity index (χ4v) is 2.32. The molecule has 1 N–H and O–H groups in total. The molecule has 0 aliphatic rings. The Balaban J connectivity index is 2.90. The van der Waals surface area contributed by atoms with Gasteiger partial charge in [0, 0.05) is 13.1 Å². The Bertz CT molecular complexity index is 375. The maximum Gasteiger partial charge on any atom is 0.0834 e. The van der Waals surface area contributed by atoms with Crippen molar-refractivity contribution >= 4 is 11.6 Å². The lowest BCUT2D eigenvalue weighted by molar-refractivity contribution is 0.322. The van der Waals surface area contributed by atoms with Gasteiger partial charge in [0.1, 0.15) is 0 Å². The number of hydrogen-bond donors (Lipinski definition) is 1. The van der Waals surface area contributed by atoms with Gasteiger partial charge in [0.15, 0.2) is 0 Å². The molecule has 0 saturated heterocycles. The zero-order chi connectivity index (χ0) is 14.4. The van der Waals surface area contributed by atoms with Crippen LogP contribution in [0.4, 0.5) is 0 Å². The third-order valence-corrected chi connectivity index (χ3v) is 3.21. The Morgan fingerprint density at radius 1 is 1.32 bits per heavy atom. The molecule has 0 amide bonds. The largest absolute Gasteiger partial charge is 0.308 e. The van der Waals surface area contributed by atoms with Crippen molar-refractivity contribution in [2.75, 3.05) is 47.8 Å². The minimum atomic E-state index is 0.206. The molecule has 0 aliphatic carbocycles. The summed E-state index contributed by atoms with van der Waals surface area (Å²) in [6, 6.07) is 0.206. The van der Waals surface area contributed by atoms with Crippen LogP contribution in [0.25, 0.3) is 0 Å². The molecular weight excluding hydrogens is 262 g/mol. The number of aromatic nitrogens is 2. The molecule has 0 fully saturated rings. The molecule has 1 rings (SSSR count). The van der Waals surface area contributed by atoms with Crippen molar-refractivity contribution in [2.24, 2.45) is 0 Å². The third kappa shape index (κ3) is 5.10. The summed E-state index contributed by atoms with van der Waals surface area (Å²) in [6.45, 7) is 5.72. The monoisotopic (exact) mass is 287 g/mol. The fraction of sp³-hybridized carbons (Fsp3) is 0.769. The van der Waals surface area contributed by atoms with Gasteiger partial charge >= 0.3 is 0 Å². The van der Waals surface area contributed by atoms with E-state index in [1.165, 1.54) is 0 Å². The number of likely N-dealkylation sites (N-methyl/N-ethyl adjacent to an activating group) is 3. The van der Waals surface area contributed by atoms with Gasteiger partial charge in [0.25, 0.3) is 0 Å². The minimum Gasteiger partial charge on any atom is -0.308 e. The number of nitrogens with one attached hydrogen (secondary N) is 1. The van der Waals surface area contributed by atoms with Gasteiger partial charge in [0.2, 0.25) is 0 Å². The molecule has 0 spiro atoms. The van der Waals surface area contributed by atoms with Gasteiger partial charge < -0.3 is 15.1 Å². The maximum absolute atomic E-state index is 6.32. The van der Waals surface area contributed by atoms with Crippen LogP contribution in [0.2, 0.25) is 5.02 Å². The number of hydrogen-bond acceptors (Lipinski definition) is 4. The minimum absolute atomic E-state index is 0.206. The molecule has 19 heavy (non-hydrogen) atoms. The van der Waals surface area contributed by atoms with E-state index in [2.05, 4.69) is 55.3 Å². The molecule has 5 nitrogen and oxygen atoms in total. The second-order valence-corrected chi connectivity index (χ2v) is 5.68. The number of halogens is 1. The summed E-state index contributed by atoms with van der Waals surface area (Å²) in [6.07, 6.45) is 1.74. The highest BCUT2D eigenvalue weighted by molar-refractivity contribution is 6.31. The van der Waals surface area contributed by atoms with E-state index in [1.54, 1.807) is 6.20 Å². The first-order chi connectivity index (χ1) is 8.95. The summed E-state index contributed by atoms with van der Waals surface area (Å²) >= 11 is 6.32. The van der Waals surface area contributed by atoms with Gasteiger partial charge in [-0.1, -0.05) is 18.5 Å². The van der Waals surface area contributed by atoms with E-state index in [0.717, 1.165) is 36.9 Å². The lowest BCUT2D eigenvalue weighted by atomic mass is 10.2. The highest BCUT2D eigenvalue weighted by atomic mass is 35.5. The van der Waals surface area contributed by atoms with Crippen molar-refractivity contribution in [2.45, 2.75) is 19.5 Å². The maximum atomic E-state index is 6.32. The molecule has 0 aromatic carbocycles. The Morgan fingerprint density at radius 3 is 2.53 bits per heavy atom. The number of rotatable bonds is 8. The van der Waals surface area contributed by atoms with Crippen molar-refractivity contribution in [3.8, 4) is 0 Å². The summed E-state index contributed by atoms with van der Waals surface area (Å²) in [4.78, 5) is 4.31. The summed E-state index contributed by atoms with van der Waals surface area (Å²) in [5.41, 5.74) is 1.08. The van der Waals surface area contributed by atoms with Crippen molar-refractivity contribution in [1.82, 2.24) is 24.9 Å². The van der Waals surface area contributed by atoms with Crippen LogP contribution in [0.15, 0.2) is 6.20 Å². The molecule has 6 heteroatoms. The quantitative estimate of drug-likeness (QED) is 0.782. The van der Waals surface area contributed by atoms with E-state index in [0.29, 0.717) is 0 Å². The van der Waals surface area contributed by atoms with Crippen molar-refractivity contribution in [3.63, 3.8) is 0 Å². The smallest absolute Gasteiger partial charge is 0.0834 e. The predicted molar refractivity (Wildman–Crippen MR) is 80.8 cm³/mol. The summed E-state index contributed by atoms with van der Waals surface area (Å²) in [5, 5.41) is 8.62. The van der Waals surface area contributed by atoms with Crippen LogP contribution in [-0.2, 0) is 6.54 Å². The topological polar surface area (TPSA) is 36.3 Å². The van der Waals surface area contributed by atoms with Gasteiger partial charge in [-0.2, -0.15) is 5.10 Å². The van der Waals surface area contributed by atoms with E-state index in [-0.39, 0.29) is 6.04 Å². The molecule has 1 heterocycles. The first-order valence-corrected chi connectivity index (χ1v) is 7.07. The Labute approximate surface area is 121 Å². The van der Waals surface area contributed by atoms with E-state index < -0.39 is 0 Å². The van der Waals surface area contributed by atoms with Crippen LogP contribution in [0, 0.1) is 0 Å². The second-order valence-electron chi connectivity index (χ2n) is 5.28. The van der Waals surface area contributed by atoms with E-state index in [4.69, 9.17) is 11.6 Å². The summed E-state index contributed by atoms with van der Waals surface area (Å²) in [7, 11) is 8.26. The zero-order valence-electron chi connectivity index (χ0n) is 12.6. The predicted octanol–water partition coefficient (Wildman–Crippen LogP) is 1.31. The first kappa shape index (κ1) is 16.4. The van der Waals surface area contributed by atoms with Crippen LogP contribution in [0.3, 0.4) is 0 Å². The van der Waals surface area contributed by atoms with E-state index >= 15 is 0 Å². The van der Waals surface area contributed by atoms with Crippen molar-refractivity contribution in [1.29, 1.82) is 0 Å². The van der Waals surface area contributed by atoms with Gasteiger partial charge in [-0.15, -0.1) is 0 Å². The van der Waals surface area contributed by atoms with Crippen molar-refractivity contribution in [3.05, 3.63) is 16.9 Å². The summed E-state index contributed by atoms with van der Waals surface area (Å²) < 4.78 is 2.01. The highest BCUT2D eigenvalue weighted by Crippen LogP contribution is 2.23. The lowest BCUT2D eigenvalue weighted by Gasteiger charge is -2.23.